The highest BCUT2D eigenvalue weighted by molar-refractivity contribution is 5.34. The van der Waals surface area contributed by atoms with Crippen molar-refractivity contribution < 1.29 is 9.13 Å². The largest absolute Gasteiger partial charge is 0.496 e. The van der Waals surface area contributed by atoms with E-state index in [0.717, 1.165) is 0 Å². The number of rotatable bonds is 3. The smallest absolute Gasteiger partial charge is 0.131 e. The van der Waals surface area contributed by atoms with Gasteiger partial charge in [0.2, 0.25) is 0 Å². The molecule has 0 aliphatic carbocycles. The molecule has 0 radical (unpaired) electrons. The number of hydrogen-bond acceptors (Lipinski definition) is 2. The fourth-order valence-electron chi connectivity index (χ4n) is 1.20. The molecule has 3 heteroatoms. The zero-order valence-electron chi connectivity index (χ0n) is 8.17. The average Bonchev–Trinajstić information content (AvgIpc) is 2.08. The van der Waals surface area contributed by atoms with Crippen LogP contribution < -0.4 is 4.74 Å². The van der Waals surface area contributed by atoms with Crippen molar-refractivity contribution in [2.45, 2.75) is 6.54 Å². The Hall–Kier alpha value is -1.09. The summed E-state index contributed by atoms with van der Waals surface area (Å²) in [4.78, 5) is 1.90. The molecule has 0 bridgehead atoms. The molecule has 0 unspecified atom stereocenters. The first-order chi connectivity index (χ1) is 6.15. The van der Waals surface area contributed by atoms with Gasteiger partial charge in [0.25, 0.3) is 0 Å². The summed E-state index contributed by atoms with van der Waals surface area (Å²) in [5.41, 5.74) is 0.606. The predicted octanol–water partition coefficient (Wildman–Crippen LogP) is 1.90. The van der Waals surface area contributed by atoms with Crippen LogP contribution in [0.1, 0.15) is 5.56 Å². The molecule has 1 rings (SSSR count). The highest BCUT2D eigenvalue weighted by Gasteiger charge is 2.08. The monoisotopic (exact) mass is 183 g/mol. The molecule has 0 aromatic heterocycles. The molecule has 0 fully saturated rings. The van der Waals surface area contributed by atoms with E-state index in [0.29, 0.717) is 17.9 Å². The lowest BCUT2D eigenvalue weighted by Crippen LogP contribution is -2.12. The summed E-state index contributed by atoms with van der Waals surface area (Å²) in [5.74, 6) is 0.391. The van der Waals surface area contributed by atoms with Crippen LogP contribution >= 0.6 is 0 Å². The van der Waals surface area contributed by atoms with E-state index in [4.69, 9.17) is 4.74 Å². The van der Waals surface area contributed by atoms with E-state index in [-0.39, 0.29) is 5.82 Å². The van der Waals surface area contributed by atoms with Crippen LogP contribution in [0.25, 0.3) is 0 Å². The first kappa shape index (κ1) is 9.99. The molecular weight excluding hydrogens is 169 g/mol. The molecule has 1 aromatic carbocycles. The molecule has 0 atom stereocenters. The van der Waals surface area contributed by atoms with Gasteiger partial charge < -0.3 is 9.64 Å². The molecule has 0 heterocycles. The lowest BCUT2D eigenvalue weighted by molar-refractivity contribution is 0.361. The van der Waals surface area contributed by atoms with E-state index >= 15 is 0 Å². The second kappa shape index (κ2) is 4.23. The number of hydrogen-bond donors (Lipinski definition) is 0. The van der Waals surface area contributed by atoms with Gasteiger partial charge in [0.15, 0.2) is 0 Å². The maximum Gasteiger partial charge on any atom is 0.131 e. The maximum atomic E-state index is 13.3. The average molecular weight is 183 g/mol. The first-order valence-corrected chi connectivity index (χ1v) is 4.11. The van der Waals surface area contributed by atoms with Gasteiger partial charge in [0.05, 0.1) is 7.11 Å². The summed E-state index contributed by atoms with van der Waals surface area (Å²) in [6, 6.07) is 4.86. The van der Waals surface area contributed by atoms with Gasteiger partial charge in [-0.05, 0) is 26.2 Å². The normalized spacial score (nSPS) is 10.5. The van der Waals surface area contributed by atoms with Gasteiger partial charge in [-0.1, -0.05) is 6.07 Å². The van der Waals surface area contributed by atoms with Crippen molar-refractivity contribution in [1.82, 2.24) is 4.90 Å². The Morgan fingerprint density at radius 1 is 1.38 bits per heavy atom. The summed E-state index contributed by atoms with van der Waals surface area (Å²) in [6.45, 7) is 0.551. The van der Waals surface area contributed by atoms with Gasteiger partial charge in [0.1, 0.15) is 11.6 Å². The molecule has 2 nitrogen and oxygen atoms in total. The van der Waals surface area contributed by atoms with Crippen molar-refractivity contribution in [3.63, 3.8) is 0 Å². The second-order valence-corrected chi connectivity index (χ2v) is 3.16. The van der Waals surface area contributed by atoms with Gasteiger partial charge in [-0.2, -0.15) is 0 Å². The quantitative estimate of drug-likeness (QED) is 0.709. The Bertz CT molecular complexity index is 286. The van der Waals surface area contributed by atoms with E-state index in [1.807, 2.05) is 19.0 Å². The molecular formula is C10H14FNO. The molecule has 0 aliphatic heterocycles. The van der Waals surface area contributed by atoms with Crippen molar-refractivity contribution in [3.05, 3.63) is 29.6 Å². The summed E-state index contributed by atoms with van der Waals surface area (Å²) in [5, 5.41) is 0. The van der Waals surface area contributed by atoms with Gasteiger partial charge in [-0.25, -0.2) is 4.39 Å². The van der Waals surface area contributed by atoms with E-state index in [1.165, 1.54) is 6.07 Å². The summed E-state index contributed by atoms with van der Waals surface area (Å²) in [7, 11) is 5.34. The van der Waals surface area contributed by atoms with Crippen molar-refractivity contribution in [3.8, 4) is 5.75 Å². The molecule has 1 aromatic rings. The number of ether oxygens (including phenoxy) is 1. The lowest BCUT2D eigenvalue weighted by atomic mass is 10.2. The lowest BCUT2D eigenvalue weighted by Gasteiger charge is -2.13. The molecule has 13 heavy (non-hydrogen) atoms. The second-order valence-electron chi connectivity index (χ2n) is 3.16. The highest BCUT2D eigenvalue weighted by atomic mass is 19.1. The Labute approximate surface area is 77.9 Å². The first-order valence-electron chi connectivity index (χ1n) is 4.11. The Morgan fingerprint density at radius 3 is 2.62 bits per heavy atom. The zero-order valence-corrected chi connectivity index (χ0v) is 8.17. The third-order valence-electron chi connectivity index (χ3n) is 1.77. The van der Waals surface area contributed by atoms with Gasteiger partial charge >= 0.3 is 0 Å². The number of nitrogens with zero attached hydrogens (tertiary/aromatic N) is 1. The van der Waals surface area contributed by atoms with Crippen LogP contribution in [-0.2, 0) is 6.54 Å². The van der Waals surface area contributed by atoms with Crippen molar-refractivity contribution in [2.24, 2.45) is 0 Å². The van der Waals surface area contributed by atoms with Crippen LogP contribution in [-0.4, -0.2) is 26.1 Å². The minimum atomic E-state index is -0.215. The standard InChI is InChI=1S/C10H14FNO/c1-12(2)7-8-9(11)5-4-6-10(8)13-3/h4-6H,7H2,1-3H3. The van der Waals surface area contributed by atoms with Gasteiger partial charge in [-0.3, -0.25) is 0 Å². The van der Waals surface area contributed by atoms with E-state index in [1.54, 1.807) is 19.2 Å². The third kappa shape index (κ3) is 2.42. The van der Waals surface area contributed by atoms with Crippen LogP contribution in [0.4, 0.5) is 4.39 Å². The van der Waals surface area contributed by atoms with Crippen LogP contribution in [0, 0.1) is 5.82 Å². The van der Waals surface area contributed by atoms with Crippen LogP contribution in [0.15, 0.2) is 18.2 Å². The summed E-state index contributed by atoms with van der Waals surface area (Å²) in [6.07, 6.45) is 0. The zero-order chi connectivity index (χ0) is 9.84. The van der Waals surface area contributed by atoms with Gasteiger partial charge in [-0.15, -0.1) is 0 Å². The molecule has 0 aliphatic rings. The number of methoxy groups -OCH3 is 1. The van der Waals surface area contributed by atoms with E-state index in [2.05, 4.69) is 0 Å². The Morgan fingerprint density at radius 2 is 2.08 bits per heavy atom. The van der Waals surface area contributed by atoms with E-state index < -0.39 is 0 Å². The number of halogens is 1. The maximum absolute atomic E-state index is 13.3. The van der Waals surface area contributed by atoms with Crippen LogP contribution in [0.5, 0.6) is 5.75 Å². The third-order valence-corrected chi connectivity index (χ3v) is 1.77. The highest BCUT2D eigenvalue weighted by Crippen LogP contribution is 2.21. The molecule has 72 valence electrons. The molecule has 0 N–H and O–H groups in total. The molecule has 0 saturated carbocycles. The summed E-state index contributed by atoms with van der Waals surface area (Å²) < 4.78 is 18.4. The van der Waals surface area contributed by atoms with Gasteiger partial charge in [0, 0.05) is 12.1 Å². The number of benzene rings is 1. The minimum Gasteiger partial charge on any atom is -0.496 e. The molecule has 0 amide bonds. The van der Waals surface area contributed by atoms with Crippen molar-refractivity contribution in [2.75, 3.05) is 21.2 Å². The minimum absolute atomic E-state index is 0.215. The molecule has 0 spiro atoms. The fraction of sp³-hybridized carbons (Fsp3) is 0.400. The topological polar surface area (TPSA) is 12.5 Å². The Balaban J connectivity index is 3.00. The van der Waals surface area contributed by atoms with Crippen molar-refractivity contribution in [1.29, 1.82) is 0 Å². The van der Waals surface area contributed by atoms with Crippen molar-refractivity contribution >= 4 is 0 Å². The van der Waals surface area contributed by atoms with E-state index in [9.17, 15) is 4.39 Å². The molecule has 0 saturated heterocycles. The fourth-order valence-corrected chi connectivity index (χ4v) is 1.20. The van der Waals surface area contributed by atoms with Crippen LogP contribution in [0.3, 0.4) is 0 Å². The summed E-state index contributed by atoms with van der Waals surface area (Å²) >= 11 is 0. The van der Waals surface area contributed by atoms with Crippen LogP contribution in [0.2, 0.25) is 0 Å². The Kier molecular flexibility index (Phi) is 3.25. The predicted molar refractivity (Wildman–Crippen MR) is 50.3 cm³/mol. The SMILES string of the molecule is COc1cccc(F)c1CN(C)C.